The SMILES string of the molecule is Cc1ccc(CNC(=O)N2CCN(Cc3csc(C)n3)CC2)cc1. The van der Waals surface area contributed by atoms with Crippen LogP contribution in [0, 0.1) is 13.8 Å². The molecule has 1 N–H and O–H groups in total. The summed E-state index contributed by atoms with van der Waals surface area (Å²) >= 11 is 1.69. The number of carbonyl (C=O) groups excluding carboxylic acids is 1. The third-order valence-electron chi connectivity index (χ3n) is 4.28. The number of thiazole rings is 1. The smallest absolute Gasteiger partial charge is 0.317 e. The fraction of sp³-hybridized carbons (Fsp3) is 0.444. The number of rotatable bonds is 4. The van der Waals surface area contributed by atoms with Gasteiger partial charge < -0.3 is 10.2 Å². The number of amides is 2. The maximum Gasteiger partial charge on any atom is 0.317 e. The van der Waals surface area contributed by atoms with Crippen molar-refractivity contribution in [3.8, 4) is 0 Å². The van der Waals surface area contributed by atoms with Gasteiger partial charge in [-0.05, 0) is 19.4 Å². The van der Waals surface area contributed by atoms with Gasteiger partial charge in [0, 0.05) is 44.6 Å². The molecule has 3 rings (SSSR count). The second kappa shape index (κ2) is 7.77. The summed E-state index contributed by atoms with van der Waals surface area (Å²) < 4.78 is 0. The van der Waals surface area contributed by atoms with Crippen LogP contribution in [0.4, 0.5) is 4.79 Å². The predicted octanol–water partition coefficient (Wildman–Crippen LogP) is 2.79. The van der Waals surface area contributed by atoms with Crippen molar-refractivity contribution in [3.63, 3.8) is 0 Å². The first kappa shape index (κ1) is 16.9. The average Bonchev–Trinajstić information content (AvgIpc) is 2.99. The monoisotopic (exact) mass is 344 g/mol. The summed E-state index contributed by atoms with van der Waals surface area (Å²) in [4.78, 5) is 21.1. The Morgan fingerprint density at radius 1 is 1.17 bits per heavy atom. The molecule has 0 saturated carbocycles. The maximum absolute atomic E-state index is 12.3. The van der Waals surface area contributed by atoms with Crippen LogP contribution < -0.4 is 5.32 Å². The molecule has 2 heterocycles. The highest BCUT2D eigenvalue weighted by atomic mass is 32.1. The number of urea groups is 1. The molecule has 2 amide bonds. The van der Waals surface area contributed by atoms with E-state index in [1.54, 1.807) is 11.3 Å². The Morgan fingerprint density at radius 3 is 2.50 bits per heavy atom. The highest BCUT2D eigenvalue weighted by Crippen LogP contribution is 2.12. The Bertz CT molecular complexity index is 675. The fourth-order valence-electron chi connectivity index (χ4n) is 2.81. The minimum atomic E-state index is 0.0275. The van der Waals surface area contributed by atoms with E-state index in [0.29, 0.717) is 6.54 Å². The quantitative estimate of drug-likeness (QED) is 0.928. The zero-order valence-electron chi connectivity index (χ0n) is 14.3. The molecule has 1 fully saturated rings. The van der Waals surface area contributed by atoms with E-state index in [0.717, 1.165) is 49.0 Å². The van der Waals surface area contributed by atoms with Crippen LogP contribution >= 0.6 is 11.3 Å². The van der Waals surface area contributed by atoms with Crippen LogP contribution in [0.25, 0.3) is 0 Å². The lowest BCUT2D eigenvalue weighted by Crippen LogP contribution is -2.51. The average molecular weight is 344 g/mol. The first-order chi connectivity index (χ1) is 11.6. The second-order valence-corrected chi connectivity index (χ2v) is 7.33. The van der Waals surface area contributed by atoms with E-state index >= 15 is 0 Å². The Morgan fingerprint density at radius 2 is 1.88 bits per heavy atom. The zero-order valence-corrected chi connectivity index (χ0v) is 15.1. The predicted molar refractivity (Wildman–Crippen MR) is 97.1 cm³/mol. The molecule has 2 aromatic rings. The first-order valence-corrected chi connectivity index (χ1v) is 9.20. The molecule has 24 heavy (non-hydrogen) atoms. The van der Waals surface area contributed by atoms with Crippen LogP contribution in [0.5, 0.6) is 0 Å². The summed E-state index contributed by atoms with van der Waals surface area (Å²) in [5.74, 6) is 0. The molecule has 6 heteroatoms. The van der Waals surface area contributed by atoms with Gasteiger partial charge in [0.25, 0.3) is 0 Å². The molecule has 1 saturated heterocycles. The molecule has 0 unspecified atom stereocenters. The summed E-state index contributed by atoms with van der Waals surface area (Å²) in [7, 11) is 0. The van der Waals surface area contributed by atoms with E-state index in [1.165, 1.54) is 5.56 Å². The lowest BCUT2D eigenvalue weighted by molar-refractivity contribution is 0.134. The number of piperazine rings is 1. The lowest BCUT2D eigenvalue weighted by Gasteiger charge is -2.34. The van der Waals surface area contributed by atoms with Gasteiger partial charge in [-0.25, -0.2) is 9.78 Å². The van der Waals surface area contributed by atoms with Crippen LogP contribution in [0.1, 0.15) is 21.8 Å². The van der Waals surface area contributed by atoms with Crippen molar-refractivity contribution >= 4 is 17.4 Å². The Kier molecular flexibility index (Phi) is 5.48. The lowest BCUT2D eigenvalue weighted by atomic mass is 10.1. The second-order valence-electron chi connectivity index (χ2n) is 6.27. The van der Waals surface area contributed by atoms with Gasteiger partial charge in [-0.2, -0.15) is 0 Å². The molecule has 128 valence electrons. The van der Waals surface area contributed by atoms with Gasteiger partial charge in [-0.15, -0.1) is 11.3 Å². The zero-order chi connectivity index (χ0) is 16.9. The standard InChI is InChI=1S/C18H24N4OS/c1-14-3-5-16(6-4-14)11-19-18(23)22-9-7-21(8-10-22)12-17-13-24-15(2)20-17/h3-6,13H,7-12H2,1-2H3,(H,19,23). The number of nitrogens with one attached hydrogen (secondary N) is 1. The van der Waals surface area contributed by atoms with Gasteiger partial charge >= 0.3 is 6.03 Å². The summed E-state index contributed by atoms with van der Waals surface area (Å²) in [6.07, 6.45) is 0. The van der Waals surface area contributed by atoms with E-state index in [-0.39, 0.29) is 6.03 Å². The van der Waals surface area contributed by atoms with E-state index in [9.17, 15) is 4.79 Å². The fourth-order valence-corrected chi connectivity index (χ4v) is 3.42. The third-order valence-corrected chi connectivity index (χ3v) is 5.10. The first-order valence-electron chi connectivity index (χ1n) is 8.32. The van der Waals surface area contributed by atoms with Crippen LogP contribution in [0.3, 0.4) is 0 Å². The number of hydrogen-bond donors (Lipinski definition) is 1. The van der Waals surface area contributed by atoms with Gasteiger partial charge in [-0.3, -0.25) is 4.90 Å². The third kappa shape index (κ3) is 4.55. The molecular weight excluding hydrogens is 320 g/mol. The largest absolute Gasteiger partial charge is 0.334 e. The van der Waals surface area contributed by atoms with Gasteiger partial charge in [0.2, 0.25) is 0 Å². The van der Waals surface area contributed by atoms with Crippen molar-refractivity contribution in [2.24, 2.45) is 0 Å². The summed E-state index contributed by atoms with van der Waals surface area (Å²) in [5.41, 5.74) is 3.50. The van der Waals surface area contributed by atoms with E-state index in [2.05, 4.69) is 51.8 Å². The molecule has 1 aromatic heterocycles. The van der Waals surface area contributed by atoms with Crippen molar-refractivity contribution in [1.82, 2.24) is 20.1 Å². The van der Waals surface area contributed by atoms with Crippen molar-refractivity contribution in [2.45, 2.75) is 26.9 Å². The van der Waals surface area contributed by atoms with Crippen LogP contribution in [0.2, 0.25) is 0 Å². The molecule has 5 nitrogen and oxygen atoms in total. The highest BCUT2D eigenvalue weighted by Gasteiger charge is 2.21. The van der Waals surface area contributed by atoms with Gasteiger partial charge in [0.15, 0.2) is 0 Å². The molecule has 0 spiro atoms. The van der Waals surface area contributed by atoms with Crippen LogP contribution in [-0.4, -0.2) is 47.0 Å². The van der Waals surface area contributed by atoms with Crippen molar-refractivity contribution in [1.29, 1.82) is 0 Å². The minimum Gasteiger partial charge on any atom is -0.334 e. The minimum absolute atomic E-state index is 0.0275. The molecule has 1 aliphatic rings. The summed E-state index contributed by atoms with van der Waals surface area (Å²) in [6, 6.07) is 8.29. The van der Waals surface area contributed by atoms with Gasteiger partial charge in [0.05, 0.1) is 10.7 Å². The van der Waals surface area contributed by atoms with E-state index < -0.39 is 0 Å². The normalized spacial score (nSPS) is 15.5. The van der Waals surface area contributed by atoms with Gasteiger partial charge in [0.1, 0.15) is 0 Å². The topological polar surface area (TPSA) is 48.5 Å². The number of aryl methyl sites for hydroxylation is 2. The van der Waals surface area contributed by atoms with Gasteiger partial charge in [-0.1, -0.05) is 29.8 Å². The summed E-state index contributed by atoms with van der Waals surface area (Å²) in [5, 5.41) is 6.25. The Hall–Kier alpha value is -1.92. The van der Waals surface area contributed by atoms with Crippen molar-refractivity contribution in [3.05, 3.63) is 51.5 Å². The van der Waals surface area contributed by atoms with Crippen molar-refractivity contribution < 1.29 is 4.79 Å². The van der Waals surface area contributed by atoms with Crippen LogP contribution in [0.15, 0.2) is 29.6 Å². The summed E-state index contributed by atoms with van der Waals surface area (Å²) in [6.45, 7) is 8.88. The molecule has 1 aliphatic heterocycles. The van der Waals surface area contributed by atoms with Crippen LogP contribution in [-0.2, 0) is 13.1 Å². The van der Waals surface area contributed by atoms with E-state index in [4.69, 9.17) is 0 Å². The molecule has 1 aromatic carbocycles. The number of aromatic nitrogens is 1. The molecule has 0 radical (unpaired) electrons. The number of nitrogens with zero attached hydrogens (tertiary/aromatic N) is 3. The Balaban J connectivity index is 1.42. The maximum atomic E-state index is 12.3. The number of hydrogen-bond acceptors (Lipinski definition) is 4. The number of benzene rings is 1. The Labute approximate surface area is 147 Å². The number of carbonyl (C=O) groups is 1. The molecule has 0 aliphatic carbocycles. The molecule has 0 atom stereocenters. The highest BCUT2D eigenvalue weighted by molar-refractivity contribution is 7.09. The van der Waals surface area contributed by atoms with Crippen molar-refractivity contribution in [2.75, 3.05) is 26.2 Å². The molecule has 0 bridgehead atoms. The molecular formula is C18H24N4OS. The van der Waals surface area contributed by atoms with E-state index in [1.807, 2.05) is 11.8 Å².